The number of nitrogens with one attached hydrogen (secondary N) is 1. The van der Waals surface area contributed by atoms with E-state index in [1.54, 1.807) is 10.6 Å². The van der Waals surface area contributed by atoms with Crippen LogP contribution in [0, 0.1) is 5.95 Å². The molecule has 3 aromatic heterocycles. The number of hydrogen-bond donors (Lipinski definition) is 1. The van der Waals surface area contributed by atoms with Gasteiger partial charge in [0.25, 0.3) is 12.9 Å². The Hall–Kier alpha value is -3.00. The lowest BCUT2D eigenvalue weighted by Crippen LogP contribution is -2.44. The van der Waals surface area contributed by atoms with Crippen LogP contribution < -0.4 is 9.62 Å². The third-order valence-corrected chi connectivity index (χ3v) is 8.83. The molecule has 0 aromatic carbocycles. The maximum absolute atomic E-state index is 15.1. The van der Waals surface area contributed by atoms with E-state index in [9.17, 15) is 31.5 Å². The molecule has 270 valence electrons. The second kappa shape index (κ2) is 18.7. The summed E-state index contributed by atoms with van der Waals surface area (Å²) in [6.07, 6.45) is -3.36. The summed E-state index contributed by atoms with van der Waals surface area (Å²) in [5, 5.41) is 7.15. The normalized spacial score (nSPS) is 15.6. The smallest absolute Gasteiger partial charge is 0.449 e. The van der Waals surface area contributed by atoms with Crippen molar-refractivity contribution in [3.63, 3.8) is 0 Å². The fourth-order valence-corrected chi connectivity index (χ4v) is 5.37. The number of nitrogens with zero attached hydrogens (tertiary/aromatic N) is 7. The van der Waals surface area contributed by atoms with Crippen molar-refractivity contribution in [3.8, 4) is 10.8 Å². The van der Waals surface area contributed by atoms with Crippen molar-refractivity contribution in [1.29, 1.82) is 0 Å². The van der Waals surface area contributed by atoms with E-state index < -0.39 is 29.3 Å². The molecule has 2 aliphatic rings. The monoisotopic (exact) mass is 728 g/mol. The summed E-state index contributed by atoms with van der Waals surface area (Å²) in [6.45, 7) is 11.7. The Morgan fingerprint density at radius 3 is 2.27 bits per heavy atom. The predicted molar refractivity (Wildman–Crippen MR) is 174 cm³/mol. The molecule has 0 spiro atoms. The Kier molecular flexibility index (Phi) is 16.0. The largest absolute Gasteiger partial charge is 0.467 e. The summed E-state index contributed by atoms with van der Waals surface area (Å²) < 4.78 is 83.1. The van der Waals surface area contributed by atoms with E-state index in [4.69, 9.17) is 0 Å². The van der Waals surface area contributed by atoms with Crippen LogP contribution in [0.4, 0.5) is 32.0 Å². The maximum Gasteiger partial charge on any atom is 0.449 e. The van der Waals surface area contributed by atoms with Crippen molar-refractivity contribution >= 4 is 46.7 Å². The number of carbonyl (C=O) groups is 2. The number of anilines is 1. The summed E-state index contributed by atoms with van der Waals surface area (Å²) in [6, 6.07) is 1.98. The summed E-state index contributed by atoms with van der Waals surface area (Å²) in [4.78, 5) is 30.2. The minimum atomic E-state index is -4.64. The number of imidazole rings is 1. The highest BCUT2D eigenvalue weighted by atomic mass is 32.2. The fourth-order valence-electron chi connectivity index (χ4n) is 3.79. The molecule has 1 N–H and O–H groups in total. The van der Waals surface area contributed by atoms with Gasteiger partial charge in [-0.1, -0.05) is 25.2 Å². The van der Waals surface area contributed by atoms with Gasteiger partial charge in [-0.3, -0.25) is 18.7 Å². The van der Waals surface area contributed by atoms with Crippen molar-refractivity contribution < 1.29 is 40.7 Å². The summed E-state index contributed by atoms with van der Waals surface area (Å²) >= 11 is 2.23. The lowest BCUT2D eigenvalue weighted by Gasteiger charge is -2.34. The van der Waals surface area contributed by atoms with Crippen molar-refractivity contribution in [2.24, 2.45) is 0 Å². The molecule has 1 saturated heterocycles. The van der Waals surface area contributed by atoms with Crippen LogP contribution in [-0.4, -0.2) is 114 Å². The van der Waals surface area contributed by atoms with Gasteiger partial charge in [0.15, 0.2) is 15.8 Å². The zero-order valence-corrected chi connectivity index (χ0v) is 29.5. The average molecular weight is 729 g/mol. The standard InChI is InChI=1S/C19H22F3N7S2.C5H11NO2.C3H3F3O.C2H6/c1-19(3-4-19)26-31-11-9-12(28-7-5-27(2)6-8-28)13-15(22)23-16(29(13)10-11)18-25-24-17(30-18)14(20)21;1-6(2)3-4-8-5-7;1-2(7)3(4,5)6;1-2/h9-10,14,26H,3-8H2,1-2H3;5H,3-4H2,1-2H3;1H3;1-2H3. The highest BCUT2D eigenvalue weighted by molar-refractivity contribution is 7.97. The highest BCUT2D eigenvalue weighted by Gasteiger charge is 2.37. The topological polar surface area (TPSA) is 108 Å². The van der Waals surface area contributed by atoms with Crippen LogP contribution in [0.2, 0.25) is 0 Å². The molecule has 1 aliphatic carbocycles. The van der Waals surface area contributed by atoms with Crippen LogP contribution in [0.1, 0.15) is 52.0 Å². The fraction of sp³-hybridized carbons (Fsp3) is 0.621. The zero-order valence-electron chi connectivity index (χ0n) is 27.9. The number of Topliss-reactive ketones (excluding diaryl/α,β-unsaturated/α-hetero) is 1. The number of ether oxygens (including phenoxy) is 1. The van der Waals surface area contributed by atoms with Gasteiger partial charge in [0, 0.05) is 56.3 Å². The number of likely N-dealkylation sites (N-methyl/N-ethyl adjacent to an activating group) is 2. The Bertz CT molecular complexity index is 1460. The molecule has 0 amide bonds. The van der Waals surface area contributed by atoms with E-state index in [0.717, 1.165) is 67.5 Å². The molecule has 0 unspecified atom stereocenters. The average Bonchev–Trinajstić information content (AvgIpc) is 3.41. The number of fused-ring (bicyclic) bond motifs is 1. The molecule has 0 atom stereocenters. The van der Waals surface area contributed by atoms with E-state index in [1.165, 1.54) is 11.9 Å². The number of rotatable bonds is 10. The molecule has 3 aromatic rings. The number of piperazine rings is 1. The lowest BCUT2D eigenvalue weighted by atomic mass is 10.2. The van der Waals surface area contributed by atoms with E-state index in [0.29, 0.717) is 25.5 Å². The molecule has 5 rings (SSSR count). The van der Waals surface area contributed by atoms with Crippen LogP contribution in [0.5, 0.6) is 0 Å². The van der Waals surface area contributed by atoms with Crippen molar-refractivity contribution in [2.45, 2.75) is 63.6 Å². The van der Waals surface area contributed by atoms with Crippen LogP contribution in [0.15, 0.2) is 17.2 Å². The van der Waals surface area contributed by atoms with Gasteiger partial charge in [0.2, 0.25) is 11.7 Å². The number of aromatic nitrogens is 4. The lowest BCUT2D eigenvalue weighted by molar-refractivity contribution is -0.168. The number of pyridine rings is 1. The van der Waals surface area contributed by atoms with Gasteiger partial charge in [-0.2, -0.15) is 22.5 Å². The van der Waals surface area contributed by atoms with E-state index >= 15 is 4.39 Å². The molecular formula is C29H42F6N8O3S2. The highest BCUT2D eigenvalue weighted by Crippen LogP contribution is 2.39. The summed E-state index contributed by atoms with van der Waals surface area (Å²) in [7, 11) is 5.91. The molecule has 0 bridgehead atoms. The summed E-state index contributed by atoms with van der Waals surface area (Å²) in [5.41, 5.74) is 1.19. The number of hydrogen-bond acceptors (Lipinski definition) is 12. The van der Waals surface area contributed by atoms with Crippen LogP contribution in [0.25, 0.3) is 16.3 Å². The first-order chi connectivity index (χ1) is 22.5. The Morgan fingerprint density at radius 1 is 1.19 bits per heavy atom. The number of ketones is 1. The predicted octanol–water partition coefficient (Wildman–Crippen LogP) is 5.72. The molecule has 1 aliphatic heterocycles. The second-order valence-electron chi connectivity index (χ2n) is 11.1. The van der Waals surface area contributed by atoms with Crippen molar-refractivity contribution in [2.75, 3.05) is 65.4 Å². The third-order valence-electron chi connectivity index (χ3n) is 6.85. The van der Waals surface area contributed by atoms with Crippen LogP contribution >= 0.6 is 23.3 Å². The van der Waals surface area contributed by atoms with Gasteiger partial charge in [0.1, 0.15) is 12.1 Å². The SMILES string of the molecule is CC.CC(=O)C(F)(F)F.CN(C)CCOC=O.CN1CCN(c2cc(SNC3(C)CC3)cn3c(-c4nnc(C(F)F)s4)nc(F)c23)CC1. The first kappa shape index (κ1) is 41.2. The van der Waals surface area contributed by atoms with E-state index in [-0.39, 0.29) is 16.4 Å². The van der Waals surface area contributed by atoms with Crippen LogP contribution in [0.3, 0.4) is 0 Å². The van der Waals surface area contributed by atoms with Crippen molar-refractivity contribution in [3.05, 3.63) is 23.2 Å². The molecular weight excluding hydrogens is 686 g/mol. The minimum absolute atomic E-state index is 0.113. The van der Waals surface area contributed by atoms with Crippen LogP contribution in [-0.2, 0) is 14.3 Å². The molecule has 11 nitrogen and oxygen atoms in total. The molecule has 2 fully saturated rings. The quantitative estimate of drug-likeness (QED) is 0.120. The van der Waals surface area contributed by atoms with Gasteiger partial charge in [-0.25, -0.2) is 8.78 Å². The van der Waals surface area contributed by atoms with E-state index in [2.05, 4.69) is 48.4 Å². The number of carbonyl (C=O) groups excluding carboxylic acids is 2. The Balaban J connectivity index is 0.000000392. The molecule has 4 heterocycles. The molecule has 1 saturated carbocycles. The molecule has 0 radical (unpaired) electrons. The van der Waals surface area contributed by atoms with Gasteiger partial charge in [0.05, 0.1) is 5.69 Å². The van der Waals surface area contributed by atoms with Gasteiger partial charge < -0.3 is 19.4 Å². The molecule has 48 heavy (non-hydrogen) atoms. The van der Waals surface area contributed by atoms with E-state index in [1.807, 2.05) is 38.9 Å². The number of alkyl halides is 5. The number of halogens is 6. The van der Waals surface area contributed by atoms with Gasteiger partial charge in [-0.05, 0) is 58.9 Å². The first-order valence-corrected chi connectivity index (χ1v) is 16.7. The van der Waals surface area contributed by atoms with Gasteiger partial charge in [-0.15, -0.1) is 10.2 Å². The zero-order chi connectivity index (χ0) is 36.2. The second-order valence-corrected chi connectivity index (χ2v) is 13.0. The van der Waals surface area contributed by atoms with Crippen molar-refractivity contribution in [1.82, 2.24) is 34.1 Å². The minimum Gasteiger partial charge on any atom is -0.467 e. The third kappa shape index (κ3) is 12.5. The first-order valence-electron chi connectivity index (χ1n) is 15.0. The summed E-state index contributed by atoms with van der Waals surface area (Å²) in [5.74, 6) is -2.21. The molecule has 19 heteroatoms. The van der Waals surface area contributed by atoms with Gasteiger partial charge >= 0.3 is 6.18 Å². The maximum atomic E-state index is 15.1. The Morgan fingerprint density at radius 2 is 1.79 bits per heavy atom. The Labute approximate surface area is 284 Å².